The van der Waals surface area contributed by atoms with Crippen LogP contribution in [-0.4, -0.2) is 41.5 Å². The number of aliphatic hydroxyl groups is 1. The summed E-state index contributed by atoms with van der Waals surface area (Å²) in [5, 5.41) is 21.9. The van der Waals surface area contributed by atoms with Gasteiger partial charge in [0.2, 0.25) is 0 Å². The molecule has 0 aliphatic heterocycles. The highest BCUT2D eigenvalue weighted by Crippen LogP contribution is 2.77. The number of carbonyl (C=O) groups excluding carboxylic acids is 1. The van der Waals surface area contributed by atoms with Crippen LogP contribution in [0.4, 0.5) is 0 Å². The fraction of sp³-hybridized carbons (Fsp3) is 0.778. The molecule has 9 atom stereocenters. The number of fused-ring (bicyclic) bond motifs is 7. The van der Waals surface area contributed by atoms with Crippen molar-refractivity contribution >= 4 is 11.9 Å². The number of allylic oxidation sites excluding steroid dienone is 4. The summed E-state index contributed by atoms with van der Waals surface area (Å²) < 4.78 is 10.6. The van der Waals surface area contributed by atoms with Gasteiger partial charge >= 0.3 is 11.9 Å². The SMILES string of the molecule is CCOC(=O)C(C[C@]1(O)[C@H]2C[C@H]2[C@H]2[C@@H]3CC=C4C=C(OC)CC[C@]4(C)[C@H]3CC[C@@]21C)C(=O)O. The Morgan fingerprint density at radius 1 is 1.21 bits per heavy atom. The van der Waals surface area contributed by atoms with Gasteiger partial charge in [-0.3, -0.25) is 9.59 Å². The summed E-state index contributed by atoms with van der Waals surface area (Å²) in [5.41, 5.74) is 0.0332. The molecule has 0 bridgehead atoms. The minimum atomic E-state index is -1.31. The Bertz CT molecular complexity index is 922. The van der Waals surface area contributed by atoms with Crippen LogP contribution in [0.1, 0.15) is 65.7 Å². The van der Waals surface area contributed by atoms with Crippen molar-refractivity contribution in [1.82, 2.24) is 0 Å². The van der Waals surface area contributed by atoms with Crippen molar-refractivity contribution in [2.75, 3.05) is 13.7 Å². The Hall–Kier alpha value is -1.82. The maximum Gasteiger partial charge on any atom is 0.320 e. The molecule has 182 valence electrons. The van der Waals surface area contributed by atoms with Crippen LogP contribution < -0.4 is 0 Å². The van der Waals surface area contributed by atoms with Crippen LogP contribution in [0, 0.1) is 46.3 Å². The first-order valence-corrected chi connectivity index (χ1v) is 12.7. The second-order valence-electron chi connectivity index (χ2n) is 11.7. The standard InChI is InChI=1S/C27H38O6/c1-5-33-24(30)19(23(28)29)14-27(31)21-13-18(21)22-17-7-6-15-12-16(32-4)8-10-25(15,2)20(17)9-11-26(22,27)3/h6,12,17-22,31H,5,7-11,13-14H2,1-4H3,(H,28,29)/t17-,18-,19?,20+,21+,22-,25+,26+,27+/m1/s1. The molecular weight excluding hydrogens is 420 g/mol. The molecule has 1 unspecified atom stereocenters. The van der Waals surface area contributed by atoms with E-state index in [9.17, 15) is 19.8 Å². The van der Waals surface area contributed by atoms with Gasteiger partial charge in [-0.25, -0.2) is 0 Å². The third-order valence-electron chi connectivity index (χ3n) is 10.5. The van der Waals surface area contributed by atoms with Gasteiger partial charge in [-0.15, -0.1) is 0 Å². The lowest BCUT2D eigenvalue weighted by atomic mass is 9.46. The Kier molecular flexibility index (Phi) is 5.28. The lowest BCUT2D eigenvalue weighted by molar-refractivity contribution is -0.175. The van der Waals surface area contributed by atoms with Gasteiger partial charge < -0.3 is 19.7 Å². The largest absolute Gasteiger partial charge is 0.501 e. The highest BCUT2D eigenvalue weighted by molar-refractivity contribution is 5.94. The molecule has 5 aliphatic rings. The number of carboxylic acids is 1. The molecule has 33 heavy (non-hydrogen) atoms. The zero-order valence-corrected chi connectivity index (χ0v) is 20.3. The molecule has 0 saturated heterocycles. The lowest BCUT2D eigenvalue weighted by Crippen LogP contribution is -2.57. The summed E-state index contributed by atoms with van der Waals surface area (Å²) in [7, 11) is 1.75. The maximum absolute atomic E-state index is 12.4. The fourth-order valence-electron chi connectivity index (χ4n) is 8.80. The van der Waals surface area contributed by atoms with Crippen molar-refractivity contribution in [1.29, 1.82) is 0 Å². The molecule has 0 aromatic heterocycles. The molecule has 0 heterocycles. The number of esters is 1. The molecule has 3 saturated carbocycles. The molecule has 0 aromatic rings. The van der Waals surface area contributed by atoms with Crippen LogP contribution >= 0.6 is 0 Å². The first-order valence-electron chi connectivity index (χ1n) is 12.7. The number of hydrogen-bond acceptors (Lipinski definition) is 5. The van der Waals surface area contributed by atoms with Gasteiger partial charge in [0.1, 0.15) is 0 Å². The number of carboxylic acid groups (broad SMARTS) is 1. The number of carbonyl (C=O) groups is 2. The van der Waals surface area contributed by atoms with Crippen LogP contribution in [0.25, 0.3) is 0 Å². The Labute approximate surface area is 196 Å². The Morgan fingerprint density at radius 2 is 1.97 bits per heavy atom. The van der Waals surface area contributed by atoms with Crippen LogP contribution in [-0.2, 0) is 19.1 Å². The molecule has 0 amide bonds. The molecular formula is C27H38O6. The van der Waals surface area contributed by atoms with E-state index in [2.05, 4.69) is 26.0 Å². The minimum Gasteiger partial charge on any atom is -0.501 e. The minimum absolute atomic E-state index is 0.0367. The summed E-state index contributed by atoms with van der Waals surface area (Å²) >= 11 is 0. The molecule has 6 heteroatoms. The number of hydrogen-bond donors (Lipinski definition) is 2. The van der Waals surface area contributed by atoms with Gasteiger partial charge in [0.25, 0.3) is 0 Å². The molecule has 0 aromatic carbocycles. The van der Waals surface area contributed by atoms with Crippen LogP contribution in [0.15, 0.2) is 23.5 Å². The van der Waals surface area contributed by atoms with E-state index in [0.717, 1.165) is 44.3 Å². The van der Waals surface area contributed by atoms with E-state index in [1.54, 1.807) is 14.0 Å². The maximum atomic E-state index is 12.4. The van der Waals surface area contributed by atoms with Crippen molar-refractivity contribution in [3.8, 4) is 0 Å². The average molecular weight is 459 g/mol. The summed E-state index contributed by atoms with van der Waals surface area (Å²) in [5.74, 6) is -0.226. The van der Waals surface area contributed by atoms with Gasteiger partial charge in [-0.2, -0.15) is 0 Å². The Balaban J connectivity index is 1.46. The molecule has 0 spiro atoms. The number of aliphatic carboxylic acids is 1. The highest BCUT2D eigenvalue weighted by atomic mass is 16.5. The van der Waals surface area contributed by atoms with Gasteiger partial charge in [-0.1, -0.05) is 19.9 Å². The normalized spacial score (nSPS) is 45.9. The first-order chi connectivity index (χ1) is 15.6. The predicted molar refractivity (Wildman–Crippen MR) is 122 cm³/mol. The topological polar surface area (TPSA) is 93.1 Å². The van der Waals surface area contributed by atoms with E-state index < -0.39 is 23.5 Å². The smallest absolute Gasteiger partial charge is 0.320 e. The summed E-state index contributed by atoms with van der Waals surface area (Å²) in [6.45, 7) is 6.41. The summed E-state index contributed by atoms with van der Waals surface area (Å²) in [6.07, 6.45) is 10.5. The summed E-state index contributed by atoms with van der Waals surface area (Å²) in [6, 6.07) is 0. The van der Waals surface area contributed by atoms with E-state index in [-0.39, 0.29) is 29.8 Å². The fourth-order valence-corrected chi connectivity index (χ4v) is 8.80. The van der Waals surface area contributed by atoms with Gasteiger partial charge in [0.05, 0.1) is 25.1 Å². The molecule has 5 aliphatic carbocycles. The van der Waals surface area contributed by atoms with E-state index >= 15 is 0 Å². The zero-order valence-electron chi connectivity index (χ0n) is 20.3. The molecule has 5 rings (SSSR count). The monoisotopic (exact) mass is 458 g/mol. The second-order valence-corrected chi connectivity index (χ2v) is 11.7. The van der Waals surface area contributed by atoms with E-state index in [1.807, 2.05) is 0 Å². The van der Waals surface area contributed by atoms with Crippen molar-refractivity contribution in [2.45, 2.75) is 71.3 Å². The van der Waals surface area contributed by atoms with Crippen molar-refractivity contribution in [3.05, 3.63) is 23.5 Å². The second kappa shape index (κ2) is 7.59. The van der Waals surface area contributed by atoms with E-state index in [1.165, 1.54) is 5.57 Å². The van der Waals surface area contributed by atoms with Crippen LogP contribution in [0.2, 0.25) is 0 Å². The van der Waals surface area contributed by atoms with Crippen molar-refractivity contribution in [3.63, 3.8) is 0 Å². The molecule has 0 radical (unpaired) electrons. The molecule has 6 nitrogen and oxygen atoms in total. The summed E-state index contributed by atoms with van der Waals surface area (Å²) in [4.78, 5) is 24.4. The number of rotatable bonds is 6. The van der Waals surface area contributed by atoms with Gasteiger partial charge in [-0.05, 0) is 85.7 Å². The molecule has 3 fully saturated rings. The van der Waals surface area contributed by atoms with Crippen molar-refractivity contribution < 1.29 is 29.3 Å². The quantitative estimate of drug-likeness (QED) is 0.455. The van der Waals surface area contributed by atoms with Crippen LogP contribution in [0.3, 0.4) is 0 Å². The highest BCUT2D eigenvalue weighted by Gasteiger charge is 2.76. The number of ether oxygens (including phenoxy) is 2. The number of methoxy groups -OCH3 is 1. The van der Waals surface area contributed by atoms with Gasteiger partial charge in [0.15, 0.2) is 5.92 Å². The van der Waals surface area contributed by atoms with E-state index in [0.29, 0.717) is 23.7 Å². The average Bonchev–Trinajstić information content (AvgIpc) is 3.53. The zero-order chi connectivity index (χ0) is 23.8. The molecule has 2 N–H and O–H groups in total. The van der Waals surface area contributed by atoms with Gasteiger partial charge in [0, 0.05) is 18.3 Å². The van der Waals surface area contributed by atoms with Crippen molar-refractivity contribution in [2.24, 2.45) is 46.3 Å². The van der Waals surface area contributed by atoms with Crippen LogP contribution in [0.5, 0.6) is 0 Å². The Morgan fingerprint density at radius 3 is 2.64 bits per heavy atom. The first kappa shape index (κ1) is 22.9. The lowest BCUT2D eigenvalue weighted by Gasteiger charge is -2.59. The third kappa shape index (κ3) is 3.08. The third-order valence-corrected chi connectivity index (χ3v) is 10.5. The predicted octanol–water partition coefficient (Wildman–Crippen LogP) is 4.33. The van der Waals surface area contributed by atoms with E-state index in [4.69, 9.17) is 9.47 Å².